The average molecular weight is 270 g/mol. The van der Waals surface area contributed by atoms with E-state index in [0.29, 0.717) is 0 Å². The van der Waals surface area contributed by atoms with Crippen molar-refractivity contribution in [2.45, 2.75) is 4.90 Å². The largest absolute Gasteiger partial charge is 0.309 e. The van der Waals surface area contributed by atoms with E-state index >= 15 is 0 Å². The first-order valence-corrected chi connectivity index (χ1v) is 7.65. The smallest absolute Gasteiger partial charge is 0.229 e. The van der Waals surface area contributed by atoms with Crippen LogP contribution in [0.2, 0.25) is 0 Å². The van der Waals surface area contributed by atoms with Gasteiger partial charge in [0, 0.05) is 6.26 Å². The monoisotopic (exact) mass is 270 g/mol. The SMILES string of the molecule is CS(=O)OS(=O)(=O)c1ccc2ccccc2c1. The van der Waals surface area contributed by atoms with E-state index in [2.05, 4.69) is 3.63 Å². The molecule has 0 N–H and O–H groups in total. The predicted octanol–water partition coefficient (Wildman–Crippen LogP) is 1.84. The van der Waals surface area contributed by atoms with Gasteiger partial charge in [-0.3, -0.25) is 0 Å². The van der Waals surface area contributed by atoms with E-state index in [9.17, 15) is 12.6 Å². The molecule has 17 heavy (non-hydrogen) atoms. The Morgan fingerprint density at radius 3 is 2.35 bits per heavy atom. The fourth-order valence-electron chi connectivity index (χ4n) is 1.49. The van der Waals surface area contributed by atoms with Crippen LogP contribution in [-0.2, 0) is 24.8 Å². The molecule has 2 aromatic carbocycles. The highest BCUT2D eigenvalue weighted by Crippen LogP contribution is 2.20. The van der Waals surface area contributed by atoms with Crippen LogP contribution < -0.4 is 0 Å². The zero-order valence-corrected chi connectivity index (χ0v) is 10.6. The minimum atomic E-state index is -3.95. The maximum atomic E-state index is 11.7. The maximum absolute atomic E-state index is 11.7. The van der Waals surface area contributed by atoms with Crippen LogP contribution >= 0.6 is 0 Å². The van der Waals surface area contributed by atoms with E-state index in [1.807, 2.05) is 18.2 Å². The molecule has 0 radical (unpaired) electrons. The molecule has 1 atom stereocenters. The van der Waals surface area contributed by atoms with Gasteiger partial charge < -0.3 is 0 Å². The van der Waals surface area contributed by atoms with Crippen molar-refractivity contribution in [1.29, 1.82) is 0 Å². The molecular formula is C11H10O4S2. The van der Waals surface area contributed by atoms with Crippen molar-refractivity contribution in [3.63, 3.8) is 0 Å². The number of rotatable bonds is 3. The van der Waals surface area contributed by atoms with Crippen LogP contribution in [0.15, 0.2) is 47.4 Å². The van der Waals surface area contributed by atoms with Gasteiger partial charge in [0.15, 0.2) is 11.1 Å². The molecule has 2 aromatic rings. The minimum absolute atomic E-state index is 0.00593. The van der Waals surface area contributed by atoms with Gasteiger partial charge >= 0.3 is 10.1 Å². The van der Waals surface area contributed by atoms with Crippen molar-refractivity contribution < 1.29 is 16.3 Å². The molecule has 0 fully saturated rings. The second kappa shape index (κ2) is 4.56. The Balaban J connectivity index is 2.53. The second-order valence-corrected chi connectivity index (χ2v) is 6.16. The van der Waals surface area contributed by atoms with Crippen LogP contribution in [0.5, 0.6) is 0 Å². The third-order valence-electron chi connectivity index (χ3n) is 2.20. The summed E-state index contributed by atoms with van der Waals surface area (Å²) in [6, 6.07) is 12.0. The normalized spacial score (nSPS) is 13.7. The van der Waals surface area contributed by atoms with Gasteiger partial charge in [-0.25, -0.2) is 4.21 Å². The van der Waals surface area contributed by atoms with Crippen molar-refractivity contribution in [1.82, 2.24) is 0 Å². The van der Waals surface area contributed by atoms with Crippen molar-refractivity contribution in [3.8, 4) is 0 Å². The molecule has 6 heteroatoms. The van der Waals surface area contributed by atoms with Crippen LogP contribution in [0.1, 0.15) is 0 Å². The lowest BCUT2D eigenvalue weighted by Gasteiger charge is -2.03. The van der Waals surface area contributed by atoms with Crippen LogP contribution in [0, 0.1) is 0 Å². The summed E-state index contributed by atoms with van der Waals surface area (Å²) in [5.74, 6) is 0. The summed E-state index contributed by atoms with van der Waals surface area (Å²) in [6.45, 7) is 0. The zero-order chi connectivity index (χ0) is 12.5. The molecule has 0 saturated carbocycles. The lowest BCUT2D eigenvalue weighted by molar-refractivity contribution is 0.500. The van der Waals surface area contributed by atoms with Gasteiger partial charge in [0.25, 0.3) is 0 Å². The first kappa shape index (κ1) is 12.2. The highest BCUT2D eigenvalue weighted by atomic mass is 32.3. The first-order chi connectivity index (χ1) is 7.99. The number of hydrogen-bond acceptors (Lipinski definition) is 4. The maximum Gasteiger partial charge on any atom is 0.309 e. The summed E-state index contributed by atoms with van der Waals surface area (Å²) in [6.07, 6.45) is 1.17. The number of fused-ring (bicyclic) bond motifs is 1. The molecule has 0 aliphatic carbocycles. The van der Waals surface area contributed by atoms with E-state index in [4.69, 9.17) is 0 Å². The molecule has 0 heterocycles. The van der Waals surface area contributed by atoms with Gasteiger partial charge in [0.05, 0.1) is 4.90 Å². The Kier molecular flexibility index (Phi) is 3.28. The number of hydrogen-bond donors (Lipinski definition) is 0. The molecule has 1 unspecified atom stereocenters. The summed E-state index contributed by atoms with van der Waals surface area (Å²) in [5.41, 5.74) is 0. The van der Waals surface area contributed by atoms with Gasteiger partial charge in [0.1, 0.15) is 0 Å². The Bertz CT molecular complexity index is 677. The quantitative estimate of drug-likeness (QED) is 0.854. The topological polar surface area (TPSA) is 60.4 Å². The Morgan fingerprint density at radius 1 is 1.06 bits per heavy atom. The van der Waals surface area contributed by atoms with Crippen LogP contribution in [0.25, 0.3) is 10.8 Å². The molecule has 0 amide bonds. The van der Waals surface area contributed by atoms with Gasteiger partial charge in [0.2, 0.25) is 0 Å². The van der Waals surface area contributed by atoms with Crippen molar-refractivity contribution in [2.24, 2.45) is 0 Å². The van der Waals surface area contributed by atoms with E-state index < -0.39 is 21.2 Å². The molecule has 0 saturated heterocycles. The molecular weight excluding hydrogens is 260 g/mol. The van der Waals surface area contributed by atoms with E-state index in [-0.39, 0.29) is 4.90 Å². The van der Waals surface area contributed by atoms with Gasteiger partial charge in [-0.1, -0.05) is 30.3 Å². The Morgan fingerprint density at radius 2 is 1.71 bits per heavy atom. The molecule has 0 aliphatic rings. The standard InChI is InChI=1S/C11H10O4S2/c1-16(12)15-17(13,14)11-7-6-9-4-2-3-5-10(9)8-11/h2-8H,1H3. The zero-order valence-electron chi connectivity index (χ0n) is 8.99. The van der Waals surface area contributed by atoms with Gasteiger partial charge in [-0.05, 0) is 22.9 Å². The average Bonchev–Trinajstić information content (AvgIpc) is 2.26. The lowest BCUT2D eigenvalue weighted by Crippen LogP contribution is -2.07. The summed E-state index contributed by atoms with van der Waals surface area (Å²) < 4.78 is 38.6. The molecule has 2 rings (SSSR count). The van der Waals surface area contributed by atoms with Crippen LogP contribution in [0.3, 0.4) is 0 Å². The third-order valence-corrected chi connectivity index (χ3v) is 4.51. The third kappa shape index (κ3) is 2.71. The predicted molar refractivity (Wildman–Crippen MR) is 66.3 cm³/mol. The van der Waals surface area contributed by atoms with Gasteiger partial charge in [-0.15, -0.1) is 0 Å². The highest BCUT2D eigenvalue weighted by molar-refractivity contribution is 7.96. The van der Waals surface area contributed by atoms with Crippen molar-refractivity contribution in [2.75, 3.05) is 6.26 Å². The van der Waals surface area contributed by atoms with Crippen molar-refractivity contribution in [3.05, 3.63) is 42.5 Å². The fourth-order valence-corrected chi connectivity index (χ4v) is 3.32. The molecule has 90 valence electrons. The van der Waals surface area contributed by atoms with E-state index in [1.165, 1.54) is 18.4 Å². The molecule has 0 spiro atoms. The van der Waals surface area contributed by atoms with Gasteiger partial charge in [-0.2, -0.15) is 12.0 Å². The highest BCUT2D eigenvalue weighted by Gasteiger charge is 2.17. The fraction of sp³-hybridized carbons (Fsp3) is 0.0909. The summed E-state index contributed by atoms with van der Waals surface area (Å²) in [4.78, 5) is 0.00593. The summed E-state index contributed by atoms with van der Waals surface area (Å²) >= 11 is -1.86. The Labute approximate surface area is 102 Å². The lowest BCUT2D eigenvalue weighted by atomic mass is 10.1. The first-order valence-electron chi connectivity index (χ1n) is 4.76. The van der Waals surface area contributed by atoms with Crippen LogP contribution in [0.4, 0.5) is 0 Å². The second-order valence-electron chi connectivity index (χ2n) is 3.43. The number of benzene rings is 2. The summed E-state index contributed by atoms with van der Waals surface area (Å²) in [7, 11) is -3.95. The van der Waals surface area contributed by atoms with Crippen molar-refractivity contribution >= 4 is 32.0 Å². The summed E-state index contributed by atoms with van der Waals surface area (Å²) in [5, 5.41) is 1.73. The van der Waals surface area contributed by atoms with E-state index in [0.717, 1.165) is 10.8 Å². The molecule has 4 nitrogen and oxygen atoms in total. The molecule has 0 aliphatic heterocycles. The van der Waals surface area contributed by atoms with Crippen LogP contribution in [-0.4, -0.2) is 18.9 Å². The van der Waals surface area contributed by atoms with E-state index in [1.54, 1.807) is 12.1 Å². The molecule has 0 aromatic heterocycles. The Hall–Kier alpha value is -1.24. The molecule has 0 bridgehead atoms. The minimum Gasteiger partial charge on any atom is -0.229 e.